The van der Waals surface area contributed by atoms with Gasteiger partial charge in [-0.1, -0.05) is 135 Å². The topological polar surface area (TPSA) is 25.2 Å². The van der Waals surface area contributed by atoms with E-state index in [4.69, 9.17) is 9.98 Å². The normalized spacial score (nSPS) is 22.3. The number of hydrogen-bond acceptors (Lipinski definition) is 2. The molecule has 0 radical (unpaired) electrons. The molecule has 2 heteroatoms. The first-order chi connectivity index (χ1) is 24.1. The van der Waals surface area contributed by atoms with Crippen molar-refractivity contribution in [2.24, 2.45) is 16.8 Å². The first kappa shape index (κ1) is 31.0. The van der Waals surface area contributed by atoms with Gasteiger partial charge in [-0.25, -0.2) is 0 Å². The number of pyridine rings is 1. The zero-order valence-corrected chi connectivity index (χ0v) is 28.1. The number of nitrogens with zero attached hydrogens (tertiary/aromatic N) is 2. The van der Waals surface area contributed by atoms with E-state index in [2.05, 4.69) is 147 Å². The maximum atomic E-state index is 5.34. The van der Waals surface area contributed by atoms with Gasteiger partial charge < -0.3 is 0 Å². The molecule has 0 saturated carbocycles. The van der Waals surface area contributed by atoms with Crippen LogP contribution in [0.15, 0.2) is 180 Å². The monoisotopic (exact) mass is 634 g/mol. The number of fused-ring (bicyclic) bond motifs is 1. The van der Waals surface area contributed by atoms with Crippen molar-refractivity contribution in [2.75, 3.05) is 0 Å². The maximum absolute atomic E-state index is 5.34. The van der Waals surface area contributed by atoms with E-state index in [9.17, 15) is 0 Å². The molecule has 4 aliphatic rings. The van der Waals surface area contributed by atoms with E-state index in [1.807, 2.05) is 6.20 Å². The molecule has 4 aromatic rings. The molecule has 2 nitrogen and oxygen atoms in total. The molecule has 240 valence electrons. The molecule has 0 amide bonds. The quantitative estimate of drug-likeness (QED) is 0.207. The molecule has 0 saturated heterocycles. The van der Waals surface area contributed by atoms with Gasteiger partial charge in [0, 0.05) is 40.8 Å². The summed E-state index contributed by atoms with van der Waals surface area (Å²) in [7, 11) is 0. The molecule has 0 N–H and O–H groups in total. The molecule has 1 aliphatic heterocycles. The Morgan fingerprint density at radius 1 is 0.735 bits per heavy atom. The average Bonchev–Trinajstić information content (AvgIpc) is 3.30. The summed E-state index contributed by atoms with van der Waals surface area (Å²) in [6.07, 6.45) is 28.4. The van der Waals surface area contributed by atoms with Crippen LogP contribution in [0.2, 0.25) is 0 Å². The second kappa shape index (κ2) is 13.6. The standard InChI is InChI=1S/C47H42N2/c1-32-31-44(37-14-5-3-6-15-37)49-46(33(2)45(32)38-16-7-4-8-17-38)39-26-22-34(23-27-39)35-24-28-40(29-25-35)47-43(21-12-30-48-47)42-20-11-18-36-13-9-10-19-41(36)42/h3,5-7,9-14,16-24,26-27,30-31,37,40,45H,1-2,4,8,15,25,28-29H2. The highest BCUT2D eigenvalue weighted by Crippen LogP contribution is 2.42. The Balaban J connectivity index is 1.06. The molecule has 1 aromatic heterocycles. The van der Waals surface area contributed by atoms with Crippen LogP contribution in [-0.4, -0.2) is 10.7 Å². The molecule has 3 atom stereocenters. The summed E-state index contributed by atoms with van der Waals surface area (Å²) >= 11 is 0. The molecule has 0 fully saturated rings. The van der Waals surface area contributed by atoms with Crippen molar-refractivity contribution in [2.45, 2.75) is 44.4 Å². The summed E-state index contributed by atoms with van der Waals surface area (Å²) < 4.78 is 0. The zero-order valence-electron chi connectivity index (χ0n) is 28.1. The summed E-state index contributed by atoms with van der Waals surface area (Å²) in [5.41, 5.74) is 12.9. The van der Waals surface area contributed by atoms with Crippen LogP contribution in [0.25, 0.3) is 27.5 Å². The van der Waals surface area contributed by atoms with Crippen LogP contribution in [0.4, 0.5) is 0 Å². The Kier molecular flexibility index (Phi) is 8.62. The summed E-state index contributed by atoms with van der Waals surface area (Å²) in [6.45, 7) is 9.22. The molecule has 3 aromatic carbocycles. The minimum Gasteiger partial charge on any atom is -0.260 e. The van der Waals surface area contributed by atoms with Crippen molar-refractivity contribution in [3.05, 3.63) is 192 Å². The molecule has 49 heavy (non-hydrogen) atoms. The van der Waals surface area contributed by atoms with E-state index in [0.29, 0.717) is 5.92 Å². The van der Waals surface area contributed by atoms with Gasteiger partial charge in [0.1, 0.15) is 0 Å². The van der Waals surface area contributed by atoms with Crippen molar-refractivity contribution in [3.63, 3.8) is 0 Å². The number of hydrogen-bond donors (Lipinski definition) is 0. The van der Waals surface area contributed by atoms with Crippen molar-refractivity contribution in [1.29, 1.82) is 0 Å². The highest BCUT2D eigenvalue weighted by atomic mass is 14.8. The fourth-order valence-corrected chi connectivity index (χ4v) is 7.99. The third-order valence-electron chi connectivity index (χ3n) is 10.6. The maximum Gasteiger partial charge on any atom is 0.0741 e. The fourth-order valence-electron chi connectivity index (χ4n) is 7.99. The van der Waals surface area contributed by atoms with Crippen LogP contribution in [0.3, 0.4) is 0 Å². The van der Waals surface area contributed by atoms with Gasteiger partial charge in [0.25, 0.3) is 0 Å². The Hall–Kier alpha value is -5.34. The predicted molar refractivity (Wildman–Crippen MR) is 207 cm³/mol. The second-order valence-electron chi connectivity index (χ2n) is 13.6. The van der Waals surface area contributed by atoms with Gasteiger partial charge in [-0.15, -0.1) is 0 Å². The molecule has 8 rings (SSSR count). The lowest BCUT2D eigenvalue weighted by Gasteiger charge is -2.25. The summed E-state index contributed by atoms with van der Waals surface area (Å²) in [5.74, 6) is 0.655. The lowest BCUT2D eigenvalue weighted by atomic mass is 9.80. The first-order valence-corrected chi connectivity index (χ1v) is 17.7. The highest BCUT2D eigenvalue weighted by molar-refractivity contribution is 6.14. The molecule has 0 bridgehead atoms. The number of aromatic nitrogens is 1. The fraction of sp³-hybridized carbons (Fsp3) is 0.191. The molecular formula is C47H42N2. The first-order valence-electron chi connectivity index (χ1n) is 17.7. The van der Waals surface area contributed by atoms with Gasteiger partial charge in [-0.3, -0.25) is 9.98 Å². The van der Waals surface area contributed by atoms with Gasteiger partial charge >= 0.3 is 0 Å². The molecule has 3 aliphatic carbocycles. The van der Waals surface area contributed by atoms with Crippen LogP contribution in [0.5, 0.6) is 0 Å². The van der Waals surface area contributed by atoms with Gasteiger partial charge in [0.2, 0.25) is 0 Å². The third-order valence-corrected chi connectivity index (χ3v) is 10.6. The number of benzene rings is 3. The Labute approximate surface area is 290 Å². The average molecular weight is 635 g/mol. The van der Waals surface area contributed by atoms with E-state index in [0.717, 1.165) is 66.6 Å². The van der Waals surface area contributed by atoms with Gasteiger partial charge in [-0.05, 0) is 94.9 Å². The van der Waals surface area contributed by atoms with E-state index in [1.54, 1.807) is 0 Å². The number of allylic oxidation sites excluding steroid dienone is 13. The number of rotatable bonds is 6. The van der Waals surface area contributed by atoms with E-state index in [1.165, 1.54) is 44.3 Å². The summed E-state index contributed by atoms with van der Waals surface area (Å²) in [5, 5.41) is 2.55. The highest BCUT2D eigenvalue weighted by Gasteiger charge is 2.29. The van der Waals surface area contributed by atoms with Crippen LogP contribution in [0, 0.1) is 11.8 Å². The van der Waals surface area contributed by atoms with Crippen LogP contribution in [-0.2, 0) is 0 Å². The largest absolute Gasteiger partial charge is 0.260 e. The molecule has 2 heterocycles. The van der Waals surface area contributed by atoms with Crippen molar-refractivity contribution in [1.82, 2.24) is 4.98 Å². The number of aliphatic imine (C=N–C) groups is 1. The van der Waals surface area contributed by atoms with Gasteiger partial charge in [-0.2, -0.15) is 0 Å². The predicted octanol–water partition coefficient (Wildman–Crippen LogP) is 12.1. The SMILES string of the molecule is C=C1C=C(C2C=CC=CC2)N=C(c2ccc(C3=CCC(c4ncccc4-c4cccc5ccccc45)CC3)cc2)C(=C)C1C1=CCCC=C1. The van der Waals surface area contributed by atoms with E-state index < -0.39 is 0 Å². The Morgan fingerprint density at radius 2 is 1.57 bits per heavy atom. The van der Waals surface area contributed by atoms with Crippen LogP contribution in [0.1, 0.15) is 61.3 Å². The third kappa shape index (κ3) is 6.20. The smallest absolute Gasteiger partial charge is 0.0741 e. The second-order valence-corrected chi connectivity index (χ2v) is 13.6. The summed E-state index contributed by atoms with van der Waals surface area (Å²) in [6, 6.07) is 28.6. The Morgan fingerprint density at radius 3 is 2.37 bits per heavy atom. The van der Waals surface area contributed by atoms with Gasteiger partial charge in [0.05, 0.1) is 11.4 Å². The van der Waals surface area contributed by atoms with Crippen molar-refractivity contribution in [3.8, 4) is 11.1 Å². The minimum absolute atomic E-state index is 0.0268. The summed E-state index contributed by atoms with van der Waals surface area (Å²) in [4.78, 5) is 10.3. The van der Waals surface area contributed by atoms with E-state index in [-0.39, 0.29) is 11.8 Å². The lowest BCUT2D eigenvalue weighted by molar-refractivity contribution is 0.610. The molecular weight excluding hydrogens is 593 g/mol. The van der Waals surface area contributed by atoms with Crippen LogP contribution < -0.4 is 0 Å². The van der Waals surface area contributed by atoms with Crippen molar-refractivity contribution < 1.29 is 0 Å². The zero-order chi connectivity index (χ0) is 33.2. The van der Waals surface area contributed by atoms with Crippen molar-refractivity contribution >= 4 is 22.1 Å². The van der Waals surface area contributed by atoms with Gasteiger partial charge in [0.15, 0.2) is 0 Å². The molecule has 3 unspecified atom stereocenters. The van der Waals surface area contributed by atoms with E-state index >= 15 is 0 Å². The molecule has 0 spiro atoms. The van der Waals surface area contributed by atoms with Crippen LogP contribution >= 0.6 is 0 Å². The Bertz CT molecular complexity index is 2160. The minimum atomic E-state index is 0.0268. The lowest BCUT2D eigenvalue weighted by Crippen LogP contribution is -2.16.